The molecule has 0 aromatic heterocycles. The molecule has 0 amide bonds. The molecule has 0 aliphatic carbocycles. The molecule has 8 aromatic carbocycles. The Bertz CT molecular complexity index is 3820. The topological polar surface area (TPSA) is 174 Å². The van der Waals surface area contributed by atoms with Gasteiger partial charge in [-0.3, -0.25) is 9.59 Å². The molecule has 17 heteroatoms. The first kappa shape index (κ1) is 94.1. The molecule has 0 saturated carbocycles. The number of hydrogen-bond acceptors (Lipinski definition) is 16. The number of benzene rings is 8. The Balaban J connectivity index is 0.838. The molecule has 3 aliphatic heterocycles. The summed E-state index contributed by atoms with van der Waals surface area (Å²) in [6, 6.07) is 81.8. The van der Waals surface area contributed by atoms with E-state index < -0.39 is 93.9 Å². The molecular formula is C104H138O16Si. The fourth-order valence-electron chi connectivity index (χ4n) is 17.1. The van der Waals surface area contributed by atoms with Crippen molar-refractivity contribution in [2.75, 3.05) is 26.4 Å². The fraction of sp³-hybridized carbons (Fsp3) is 0.519. The zero-order valence-corrected chi connectivity index (χ0v) is 73.5. The van der Waals surface area contributed by atoms with Crippen LogP contribution >= 0.6 is 0 Å². The molecule has 1 N–H and O–H groups in total. The van der Waals surface area contributed by atoms with Crippen LogP contribution in [0.4, 0.5) is 0 Å². The van der Waals surface area contributed by atoms with Gasteiger partial charge >= 0.3 is 11.9 Å². The summed E-state index contributed by atoms with van der Waals surface area (Å²) in [7, 11) is -2.55. The molecule has 0 radical (unpaired) electrons. The number of fused-ring (bicyclic) bond motifs is 4. The second kappa shape index (κ2) is 53.6. The van der Waals surface area contributed by atoms with Crippen molar-refractivity contribution < 1.29 is 76.0 Å². The molecule has 121 heavy (non-hydrogen) atoms. The fourth-order valence-corrected chi connectivity index (χ4v) is 21.7. The third-order valence-electron chi connectivity index (χ3n) is 23.7. The highest BCUT2D eigenvalue weighted by atomic mass is 28.4. The predicted molar refractivity (Wildman–Crippen MR) is 479 cm³/mol. The summed E-state index contributed by atoms with van der Waals surface area (Å²) in [5.74, 6) is -1.00. The summed E-state index contributed by atoms with van der Waals surface area (Å²) in [6.07, 6.45) is 15.8. The molecule has 654 valence electrons. The Morgan fingerprint density at radius 2 is 0.554 bits per heavy atom. The first-order chi connectivity index (χ1) is 59.5. The molecule has 0 unspecified atom stereocenters. The summed E-state index contributed by atoms with van der Waals surface area (Å²) in [6.45, 7) is 8.69. The molecule has 16 nitrogen and oxygen atoms in total. The zero-order chi connectivity index (χ0) is 84.0. The van der Waals surface area contributed by atoms with Gasteiger partial charge in [0.05, 0.1) is 64.7 Å². The number of unbranched alkanes of at least 4 members (excludes halogenated alkanes) is 22. The van der Waals surface area contributed by atoms with Crippen LogP contribution in [0.2, 0.25) is 5.04 Å². The number of aliphatic hydroxyl groups is 1. The second-order valence-corrected chi connectivity index (χ2v) is 38.5. The Hall–Kier alpha value is -7.56. The molecule has 3 heterocycles. The van der Waals surface area contributed by atoms with E-state index in [1.165, 1.54) is 74.6 Å². The number of esters is 2. The molecule has 3 fully saturated rings. The predicted octanol–water partition coefficient (Wildman–Crippen LogP) is 21.3. The van der Waals surface area contributed by atoms with Crippen molar-refractivity contribution in [3.63, 3.8) is 0 Å². The second-order valence-electron chi connectivity index (χ2n) is 34.2. The number of rotatable bonds is 50. The van der Waals surface area contributed by atoms with Gasteiger partial charge in [-0.05, 0) is 74.5 Å². The van der Waals surface area contributed by atoms with Gasteiger partial charge in [0.2, 0.25) is 0 Å². The van der Waals surface area contributed by atoms with Crippen molar-refractivity contribution in [2.24, 2.45) is 0 Å². The lowest BCUT2D eigenvalue weighted by atomic mass is 9.97. The molecule has 11 rings (SSSR count). The minimum absolute atomic E-state index is 0.0399. The number of carbonyl (C=O) groups excluding carboxylic acids is 2. The van der Waals surface area contributed by atoms with Gasteiger partial charge in [0.15, 0.2) is 12.6 Å². The smallest absolute Gasteiger partial charge is 0.308 e. The van der Waals surface area contributed by atoms with Crippen LogP contribution in [0.5, 0.6) is 0 Å². The molecule has 3 aliphatic rings. The van der Waals surface area contributed by atoms with E-state index in [0.717, 1.165) is 130 Å². The van der Waals surface area contributed by atoms with E-state index in [4.69, 9.17) is 61.3 Å². The van der Waals surface area contributed by atoms with Gasteiger partial charge in [-0.25, -0.2) is 0 Å². The molecule has 8 aromatic rings. The van der Waals surface area contributed by atoms with Crippen molar-refractivity contribution in [3.05, 3.63) is 276 Å². The standard InChI is InChI=1S/C104H138O16Si/c1-104(2,3)121(90-66-46-30-47-67-90,91-68-48-31-49-69-91)116-71-51-23-19-15-11-7-5-9-13-17-21-45-65-89-73-95(107)109-81-92-96(110-74-82-52-32-24-33-53-82)98(112-76-84-56-36-26-37-57-84)100(114-78-86-60-40-28-41-61-86)102(119-92)117-88(64-44-20-16-12-8-4-6-10-14-18-22-50-70-105)72-94(106)108-80-93-97(111-75-83-54-34-25-35-55-83)99(113-77-85-58-38-27-39-59-85)101(103(118-89)120-93)115-79-87-62-42-29-43-63-87/h24-43,46-49,52-63,66-69,88-89,92-93,96-103,105H,4-23,44-45,50-51,64-65,70-81H2,1-3H3/t88-,89-,92+,93+,96+,97+,98-,99-,100+,101+,102+,103+/m0/s1. The van der Waals surface area contributed by atoms with Gasteiger partial charge in [-0.2, -0.15) is 0 Å². The lowest BCUT2D eigenvalue weighted by Gasteiger charge is -2.47. The molecule has 12 atom stereocenters. The average Bonchev–Trinajstić information content (AvgIpc) is 0.746. The highest BCUT2D eigenvalue weighted by Gasteiger charge is 2.54. The summed E-state index contributed by atoms with van der Waals surface area (Å²) >= 11 is 0. The third-order valence-corrected chi connectivity index (χ3v) is 28.8. The van der Waals surface area contributed by atoms with Crippen LogP contribution < -0.4 is 10.4 Å². The Kier molecular flexibility index (Phi) is 41.7. The lowest BCUT2D eigenvalue weighted by molar-refractivity contribution is -0.338. The van der Waals surface area contributed by atoms with E-state index >= 15 is 9.59 Å². The maximum Gasteiger partial charge on any atom is 0.308 e. The summed E-state index contributed by atoms with van der Waals surface area (Å²) in [5.41, 5.74) is 5.58. The van der Waals surface area contributed by atoms with E-state index in [1.807, 2.05) is 182 Å². The number of cyclic esters (lactones) is 2. The SMILES string of the molecule is CC(C)(C)[Si](OCCCCCCCCCCCCCC[C@H]1CC(=O)OC[C@H]2O[C@@H](O[C@@H](CCCCCCCCCCCCCCO)CC(=O)OC[C@H]3O[C@@H](O1)[C@H](OCc1ccccc1)[C@@H](OCc1ccccc1)[C@@H]3OCc1ccccc1)[C@H](OCc1ccccc1)[C@@H](OCc1ccccc1)[C@@H]2OCc1ccccc1)(c1ccccc1)c1ccccc1. The highest BCUT2D eigenvalue weighted by Crippen LogP contribution is 2.39. The Labute approximate surface area is 723 Å². The van der Waals surface area contributed by atoms with Crippen LogP contribution in [0.25, 0.3) is 0 Å². The van der Waals surface area contributed by atoms with Crippen molar-refractivity contribution >= 4 is 30.6 Å². The van der Waals surface area contributed by atoms with E-state index in [1.54, 1.807) is 0 Å². The first-order valence-corrected chi connectivity index (χ1v) is 47.6. The summed E-state index contributed by atoms with van der Waals surface area (Å²) in [5, 5.41) is 11.9. The third kappa shape index (κ3) is 31.9. The van der Waals surface area contributed by atoms with Crippen LogP contribution in [0, 0.1) is 0 Å². The van der Waals surface area contributed by atoms with Crippen LogP contribution in [0.3, 0.4) is 0 Å². The van der Waals surface area contributed by atoms with Gasteiger partial charge in [-0.1, -0.05) is 405 Å². The number of carbonyl (C=O) groups is 2. The minimum atomic E-state index is -2.55. The summed E-state index contributed by atoms with van der Waals surface area (Å²) < 4.78 is 92.4. The zero-order valence-electron chi connectivity index (χ0n) is 72.5. The molecular weight excluding hydrogens is 1530 g/mol. The van der Waals surface area contributed by atoms with Gasteiger partial charge in [0.25, 0.3) is 8.32 Å². The number of hydrogen-bond donors (Lipinski definition) is 1. The molecule has 4 bridgehead atoms. The van der Waals surface area contributed by atoms with Gasteiger partial charge in [-0.15, -0.1) is 0 Å². The minimum Gasteiger partial charge on any atom is -0.463 e. The monoisotopic (exact) mass is 1670 g/mol. The summed E-state index contributed by atoms with van der Waals surface area (Å²) in [4.78, 5) is 30.6. The van der Waals surface area contributed by atoms with Crippen LogP contribution in [-0.2, 0) is 110 Å². The molecule has 3 saturated heterocycles. The van der Waals surface area contributed by atoms with E-state index in [0.29, 0.717) is 12.8 Å². The first-order valence-electron chi connectivity index (χ1n) is 45.7. The van der Waals surface area contributed by atoms with Crippen LogP contribution in [0.15, 0.2) is 243 Å². The lowest BCUT2D eigenvalue weighted by Crippen LogP contribution is -2.66. The Morgan fingerprint density at radius 1 is 0.306 bits per heavy atom. The largest absolute Gasteiger partial charge is 0.463 e. The number of aliphatic hydroxyl groups excluding tert-OH is 1. The normalized spacial score (nSPS) is 22.0. The average molecular weight is 1670 g/mol. The van der Waals surface area contributed by atoms with E-state index in [2.05, 4.69) is 81.4 Å². The van der Waals surface area contributed by atoms with Crippen molar-refractivity contribution in [1.29, 1.82) is 0 Å². The number of ether oxygens (including phenoxy) is 12. The van der Waals surface area contributed by atoms with Crippen molar-refractivity contribution in [2.45, 2.75) is 319 Å². The Morgan fingerprint density at radius 3 is 0.835 bits per heavy atom. The maximum absolute atomic E-state index is 15.3. The highest BCUT2D eigenvalue weighted by molar-refractivity contribution is 6.99. The van der Waals surface area contributed by atoms with Gasteiger partial charge in [0.1, 0.15) is 62.0 Å². The molecule has 0 spiro atoms. The van der Waals surface area contributed by atoms with Crippen molar-refractivity contribution in [3.8, 4) is 0 Å². The van der Waals surface area contributed by atoms with Gasteiger partial charge in [0, 0.05) is 13.2 Å². The van der Waals surface area contributed by atoms with Crippen LogP contribution in [0.1, 0.15) is 234 Å². The van der Waals surface area contributed by atoms with Crippen molar-refractivity contribution in [1.82, 2.24) is 0 Å². The van der Waals surface area contributed by atoms with Gasteiger partial charge < -0.3 is 66.4 Å². The van der Waals surface area contributed by atoms with Crippen LogP contribution in [-0.4, -0.2) is 125 Å². The van der Waals surface area contributed by atoms with E-state index in [-0.39, 0.29) is 77.3 Å². The maximum atomic E-state index is 15.3. The van der Waals surface area contributed by atoms with E-state index in [9.17, 15) is 5.11 Å². The quantitative estimate of drug-likeness (QED) is 0.0216.